The predicted octanol–water partition coefficient (Wildman–Crippen LogP) is 3.20. The first kappa shape index (κ1) is 17.4. The molecule has 1 aliphatic rings. The van der Waals surface area contributed by atoms with Crippen LogP contribution >= 0.6 is 0 Å². The van der Waals surface area contributed by atoms with Crippen molar-refractivity contribution in [2.45, 2.75) is 13.5 Å². The predicted molar refractivity (Wildman–Crippen MR) is 92.0 cm³/mol. The summed E-state index contributed by atoms with van der Waals surface area (Å²) >= 11 is 0. The average molecular weight is 346 g/mol. The molecule has 0 spiro atoms. The summed E-state index contributed by atoms with van der Waals surface area (Å²) in [6, 6.07) is 8.97. The van der Waals surface area contributed by atoms with Gasteiger partial charge < -0.3 is 10.0 Å². The van der Waals surface area contributed by atoms with E-state index in [2.05, 4.69) is 4.90 Å². The zero-order valence-corrected chi connectivity index (χ0v) is 14.0. The molecule has 1 N–H and O–H groups in total. The van der Waals surface area contributed by atoms with Crippen LogP contribution in [0.15, 0.2) is 36.4 Å². The van der Waals surface area contributed by atoms with Gasteiger partial charge in [0.25, 0.3) is 0 Å². The molecule has 0 aliphatic carbocycles. The molecule has 25 heavy (non-hydrogen) atoms. The molecule has 3 rings (SSSR count). The van der Waals surface area contributed by atoms with Gasteiger partial charge >= 0.3 is 0 Å². The van der Waals surface area contributed by atoms with Crippen molar-refractivity contribution >= 4 is 11.5 Å². The molecule has 6 heteroatoms. The fourth-order valence-electron chi connectivity index (χ4n) is 3.14. The number of phenols is 1. The summed E-state index contributed by atoms with van der Waals surface area (Å²) < 4.78 is 27.6. The zero-order valence-electron chi connectivity index (χ0n) is 14.0. The number of hydrogen-bond donors (Lipinski definition) is 1. The topological polar surface area (TPSA) is 43.8 Å². The van der Waals surface area contributed by atoms with Crippen molar-refractivity contribution in [3.63, 3.8) is 0 Å². The number of rotatable bonds is 4. The summed E-state index contributed by atoms with van der Waals surface area (Å²) in [4.78, 5) is 15.5. The van der Waals surface area contributed by atoms with E-state index in [0.717, 1.165) is 6.07 Å². The number of halogens is 2. The van der Waals surface area contributed by atoms with E-state index in [9.17, 15) is 18.7 Å². The Kier molecular flexibility index (Phi) is 4.99. The highest BCUT2D eigenvalue weighted by atomic mass is 19.1. The maximum Gasteiger partial charge on any atom is 0.163 e. The lowest BCUT2D eigenvalue weighted by atomic mass is 10.0. The van der Waals surface area contributed by atoms with Gasteiger partial charge in [-0.05, 0) is 31.2 Å². The summed E-state index contributed by atoms with van der Waals surface area (Å²) in [5.74, 6) is -1.32. The quantitative estimate of drug-likeness (QED) is 0.864. The van der Waals surface area contributed by atoms with Crippen LogP contribution < -0.4 is 4.90 Å². The second kappa shape index (κ2) is 7.19. The molecular weight excluding hydrogens is 326 g/mol. The molecule has 0 saturated carbocycles. The molecule has 0 atom stereocenters. The highest BCUT2D eigenvalue weighted by molar-refractivity contribution is 5.97. The molecule has 0 radical (unpaired) electrons. The minimum absolute atomic E-state index is 0.00000685. The number of ketones is 1. The minimum Gasteiger partial charge on any atom is -0.507 e. The van der Waals surface area contributed by atoms with Gasteiger partial charge in [-0.25, -0.2) is 8.78 Å². The zero-order chi connectivity index (χ0) is 18.0. The number of hydrogen-bond acceptors (Lipinski definition) is 4. The normalized spacial score (nSPS) is 15.4. The molecule has 4 nitrogen and oxygen atoms in total. The number of carbonyl (C=O) groups is 1. The molecule has 0 amide bonds. The van der Waals surface area contributed by atoms with E-state index in [1.54, 1.807) is 18.2 Å². The lowest BCUT2D eigenvalue weighted by Gasteiger charge is -2.36. The summed E-state index contributed by atoms with van der Waals surface area (Å²) in [6.45, 7) is 4.22. The SMILES string of the molecule is CC(=O)c1cc(F)cc(CN2CCN(c3ccccc3F)CC2)c1O. The van der Waals surface area contributed by atoms with Crippen LogP contribution in [0.3, 0.4) is 0 Å². The lowest BCUT2D eigenvalue weighted by molar-refractivity contribution is 0.101. The summed E-state index contributed by atoms with van der Waals surface area (Å²) in [7, 11) is 0. The molecule has 0 aromatic heterocycles. The van der Waals surface area contributed by atoms with Crippen molar-refractivity contribution in [2.75, 3.05) is 31.1 Å². The largest absolute Gasteiger partial charge is 0.507 e. The number of Topliss-reactive ketones (excluding diaryl/α,β-unsaturated/α-hetero) is 1. The van der Waals surface area contributed by atoms with Gasteiger partial charge in [0.05, 0.1) is 11.3 Å². The van der Waals surface area contributed by atoms with Gasteiger partial charge in [0.2, 0.25) is 0 Å². The molecule has 2 aromatic rings. The number of nitrogens with zero attached hydrogens (tertiary/aromatic N) is 2. The van der Waals surface area contributed by atoms with Gasteiger partial charge in [-0.3, -0.25) is 9.69 Å². The Morgan fingerprint density at radius 1 is 1.12 bits per heavy atom. The summed E-state index contributed by atoms with van der Waals surface area (Å²) in [6.07, 6.45) is 0. The minimum atomic E-state index is -0.539. The molecule has 0 unspecified atom stereocenters. The Morgan fingerprint density at radius 2 is 1.80 bits per heavy atom. The van der Waals surface area contributed by atoms with E-state index in [0.29, 0.717) is 44.0 Å². The smallest absolute Gasteiger partial charge is 0.163 e. The van der Waals surface area contributed by atoms with Crippen molar-refractivity contribution in [1.82, 2.24) is 4.90 Å². The van der Waals surface area contributed by atoms with Gasteiger partial charge in [0.15, 0.2) is 5.78 Å². The lowest BCUT2D eigenvalue weighted by Crippen LogP contribution is -2.46. The molecule has 1 saturated heterocycles. The third-order valence-corrected chi connectivity index (χ3v) is 4.49. The summed E-state index contributed by atoms with van der Waals surface area (Å²) in [5.41, 5.74) is 0.971. The van der Waals surface area contributed by atoms with E-state index >= 15 is 0 Å². The van der Waals surface area contributed by atoms with Crippen molar-refractivity contribution in [3.8, 4) is 5.75 Å². The van der Waals surface area contributed by atoms with Crippen LogP contribution in [-0.4, -0.2) is 42.0 Å². The monoisotopic (exact) mass is 346 g/mol. The van der Waals surface area contributed by atoms with Crippen molar-refractivity contribution in [3.05, 3.63) is 59.2 Å². The van der Waals surface area contributed by atoms with E-state index in [1.165, 1.54) is 19.1 Å². The number of carbonyl (C=O) groups excluding carboxylic acids is 1. The van der Waals surface area contributed by atoms with Crippen LogP contribution in [-0.2, 0) is 6.54 Å². The Hall–Kier alpha value is -2.47. The van der Waals surface area contributed by atoms with E-state index in [-0.39, 0.29) is 22.9 Å². The number of para-hydroxylation sites is 1. The van der Waals surface area contributed by atoms with Gasteiger partial charge in [0.1, 0.15) is 17.4 Å². The third kappa shape index (κ3) is 3.79. The first-order valence-corrected chi connectivity index (χ1v) is 8.20. The van der Waals surface area contributed by atoms with E-state index in [1.807, 2.05) is 4.90 Å². The highest BCUT2D eigenvalue weighted by Crippen LogP contribution is 2.27. The Balaban J connectivity index is 1.69. The fraction of sp³-hybridized carbons (Fsp3) is 0.316. The van der Waals surface area contributed by atoms with Gasteiger partial charge in [-0.15, -0.1) is 0 Å². The second-order valence-corrected chi connectivity index (χ2v) is 6.23. The van der Waals surface area contributed by atoms with Gasteiger partial charge in [0, 0.05) is 38.3 Å². The van der Waals surface area contributed by atoms with Crippen LogP contribution in [0, 0.1) is 11.6 Å². The van der Waals surface area contributed by atoms with Crippen LogP contribution in [0.2, 0.25) is 0 Å². The van der Waals surface area contributed by atoms with Crippen molar-refractivity contribution in [2.24, 2.45) is 0 Å². The average Bonchev–Trinajstić information content (AvgIpc) is 2.59. The Bertz CT molecular complexity index is 787. The number of benzene rings is 2. The third-order valence-electron chi connectivity index (χ3n) is 4.49. The van der Waals surface area contributed by atoms with E-state index < -0.39 is 5.82 Å². The Morgan fingerprint density at radius 3 is 2.44 bits per heavy atom. The van der Waals surface area contributed by atoms with Crippen LogP contribution in [0.4, 0.5) is 14.5 Å². The first-order valence-electron chi connectivity index (χ1n) is 8.20. The number of aromatic hydroxyl groups is 1. The van der Waals surface area contributed by atoms with Crippen LogP contribution in [0.25, 0.3) is 0 Å². The second-order valence-electron chi connectivity index (χ2n) is 6.23. The number of anilines is 1. The summed E-state index contributed by atoms with van der Waals surface area (Å²) in [5, 5.41) is 10.2. The Labute approximate surface area is 145 Å². The van der Waals surface area contributed by atoms with Crippen LogP contribution in [0.1, 0.15) is 22.8 Å². The molecule has 1 heterocycles. The standard InChI is InChI=1S/C19H20F2N2O2/c1-13(24)16-11-15(20)10-14(19(16)25)12-22-6-8-23(9-7-22)18-5-3-2-4-17(18)21/h2-5,10-11,25H,6-9,12H2,1H3. The van der Waals surface area contributed by atoms with Crippen molar-refractivity contribution < 1.29 is 18.7 Å². The maximum atomic E-state index is 13.9. The van der Waals surface area contributed by atoms with Crippen molar-refractivity contribution in [1.29, 1.82) is 0 Å². The van der Waals surface area contributed by atoms with E-state index in [4.69, 9.17) is 0 Å². The highest BCUT2D eigenvalue weighted by Gasteiger charge is 2.21. The number of piperazine rings is 1. The molecule has 2 aromatic carbocycles. The number of phenolic OH excluding ortho intramolecular Hbond substituents is 1. The molecule has 132 valence electrons. The molecular formula is C19H20F2N2O2. The van der Waals surface area contributed by atoms with Crippen LogP contribution in [0.5, 0.6) is 5.75 Å². The molecule has 1 fully saturated rings. The van der Waals surface area contributed by atoms with Gasteiger partial charge in [-0.1, -0.05) is 12.1 Å². The maximum absolute atomic E-state index is 13.9. The first-order chi connectivity index (χ1) is 12.0. The fourth-order valence-corrected chi connectivity index (χ4v) is 3.14. The molecule has 1 aliphatic heterocycles. The molecule has 0 bridgehead atoms. The van der Waals surface area contributed by atoms with Gasteiger partial charge in [-0.2, -0.15) is 0 Å².